The minimum Gasteiger partial charge on any atom is -0.350 e. The molecule has 2 aliphatic rings. The third kappa shape index (κ3) is 3.64. The van der Waals surface area contributed by atoms with Crippen LogP contribution in [0.5, 0.6) is 0 Å². The summed E-state index contributed by atoms with van der Waals surface area (Å²) in [6.45, 7) is 1.12. The van der Waals surface area contributed by atoms with Crippen LogP contribution in [0.1, 0.15) is 42.7 Å². The van der Waals surface area contributed by atoms with Gasteiger partial charge in [0.05, 0.1) is 5.52 Å². The smallest absolute Gasteiger partial charge is 0.264 e. The van der Waals surface area contributed by atoms with Gasteiger partial charge in [0, 0.05) is 42.9 Å². The van der Waals surface area contributed by atoms with E-state index in [0.29, 0.717) is 48.2 Å². The number of hydrogen-bond acceptors (Lipinski definition) is 4. The van der Waals surface area contributed by atoms with Gasteiger partial charge in [-0.3, -0.25) is 4.40 Å². The molecular formula is C22H24F3N5. The molecule has 0 unspecified atom stereocenters. The van der Waals surface area contributed by atoms with Crippen LogP contribution < -0.4 is 5.32 Å². The lowest BCUT2D eigenvalue weighted by Crippen LogP contribution is -2.45. The summed E-state index contributed by atoms with van der Waals surface area (Å²) < 4.78 is 43.5. The van der Waals surface area contributed by atoms with Crippen molar-refractivity contribution in [3.63, 3.8) is 0 Å². The van der Waals surface area contributed by atoms with Crippen molar-refractivity contribution in [2.75, 3.05) is 25.5 Å². The van der Waals surface area contributed by atoms with Gasteiger partial charge < -0.3 is 10.2 Å². The van der Waals surface area contributed by atoms with Gasteiger partial charge in [0.15, 0.2) is 0 Å². The molecular weight excluding hydrogens is 391 g/mol. The number of anilines is 1. The standard InChI is InChI=1S/C22H24F3N5/c1-29-11-15(23)10-16(12-29)26-22-28-27-20(19-3-2-8-30(19)22)17-7-6-14(13-4-5-13)9-18(17)21(24)25/h2-3,6-9,13,15-16,21H,4-5,10-12H2,1H3,(H,26,28)/t15-,16-/m1/s1. The van der Waals surface area contributed by atoms with Crippen molar-refractivity contribution < 1.29 is 13.2 Å². The fourth-order valence-electron chi connectivity index (χ4n) is 4.43. The quantitative estimate of drug-likeness (QED) is 0.658. The summed E-state index contributed by atoms with van der Waals surface area (Å²) in [5.41, 5.74) is 2.47. The summed E-state index contributed by atoms with van der Waals surface area (Å²) in [5, 5.41) is 11.9. The van der Waals surface area contributed by atoms with Gasteiger partial charge in [-0.15, -0.1) is 10.2 Å². The van der Waals surface area contributed by atoms with E-state index in [4.69, 9.17) is 0 Å². The minimum atomic E-state index is -2.59. The lowest BCUT2D eigenvalue weighted by molar-refractivity contribution is 0.152. The van der Waals surface area contributed by atoms with E-state index in [1.807, 2.05) is 36.3 Å². The zero-order valence-corrected chi connectivity index (χ0v) is 16.7. The molecule has 5 nitrogen and oxygen atoms in total. The Morgan fingerprint density at radius 1 is 1.13 bits per heavy atom. The Hall–Kier alpha value is -2.61. The zero-order valence-electron chi connectivity index (χ0n) is 16.7. The number of piperidine rings is 1. The highest BCUT2D eigenvalue weighted by Gasteiger charge is 2.28. The topological polar surface area (TPSA) is 45.5 Å². The van der Waals surface area contributed by atoms with Gasteiger partial charge in [-0.05, 0) is 49.6 Å². The number of aromatic nitrogens is 3. The van der Waals surface area contributed by atoms with E-state index in [-0.39, 0.29) is 11.6 Å². The highest BCUT2D eigenvalue weighted by molar-refractivity contribution is 5.80. The summed E-state index contributed by atoms with van der Waals surface area (Å²) in [4.78, 5) is 1.94. The van der Waals surface area contributed by atoms with Crippen molar-refractivity contribution in [3.8, 4) is 11.3 Å². The molecule has 1 saturated heterocycles. The molecule has 0 spiro atoms. The molecule has 0 amide bonds. The predicted octanol–water partition coefficient (Wildman–Crippen LogP) is 4.67. The molecule has 158 valence electrons. The number of likely N-dealkylation sites (N-methyl/N-ethyl adjacent to an activating group) is 1. The number of nitrogens with zero attached hydrogens (tertiary/aromatic N) is 4. The largest absolute Gasteiger partial charge is 0.350 e. The van der Waals surface area contributed by atoms with Gasteiger partial charge in [0.1, 0.15) is 11.9 Å². The Balaban J connectivity index is 1.51. The van der Waals surface area contributed by atoms with E-state index in [9.17, 15) is 13.2 Å². The Bertz CT molecular complexity index is 1050. The number of alkyl halides is 3. The molecule has 2 aromatic heterocycles. The monoisotopic (exact) mass is 415 g/mol. The summed E-state index contributed by atoms with van der Waals surface area (Å²) in [5.74, 6) is 0.884. The lowest BCUT2D eigenvalue weighted by Gasteiger charge is -2.32. The molecule has 5 rings (SSSR count). The van der Waals surface area contributed by atoms with E-state index in [2.05, 4.69) is 15.5 Å². The third-order valence-electron chi connectivity index (χ3n) is 5.99. The fraction of sp³-hybridized carbons (Fsp3) is 0.455. The van der Waals surface area contributed by atoms with Crippen molar-refractivity contribution in [2.24, 2.45) is 0 Å². The Labute approximate surface area is 172 Å². The summed E-state index contributed by atoms with van der Waals surface area (Å²) in [6, 6.07) is 8.85. The van der Waals surface area contributed by atoms with E-state index in [0.717, 1.165) is 18.4 Å². The Morgan fingerprint density at radius 3 is 2.70 bits per heavy atom. The second-order valence-electron chi connectivity index (χ2n) is 8.45. The average molecular weight is 415 g/mol. The van der Waals surface area contributed by atoms with E-state index in [1.165, 1.54) is 0 Å². The normalized spacial score (nSPS) is 22.7. The van der Waals surface area contributed by atoms with Crippen LogP contribution in [0.4, 0.5) is 19.1 Å². The van der Waals surface area contributed by atoms with Gasteiger partial charge in [0.25, 0.3) is 6.43 Å². The van der Waals surface area contributed by atoms with Crippen LogP contribution in [0.15, 0.2) is 36.5 Å². The summed E-state index contributed by atoms with van der Waals surface area (Å²) >= 11 is 0. The van der Waals surface area contributed by atoms with Crippen molar-refractivity contribution in [1.82, 2.24) is 19.5 Å². The van der Waals surface area contributed by atoms with Gasteiger partial charge in [-0.25, -0.2) is 13.2 Å². The minimum absolute atomic E-state index is 0.00770. The third-order valence-corrected chi connectivity index (χ3v) is 5.99. The van der Waals surface area contributed by atoms with Crippen molar-refractivity contribution >= 4 is 11.5 Å². The van der Waals surface area contributed by atoms with Gasteiger partial charge in [0.2, 0.25) is 5.95 Å². The van der Waals surface area contributed by atoms with E-state index in [1.54, 1.807) is 16.5 Å². The van der Waals surface area contributed by atoms with Crippen molar-refractivity contribution in [2.45, 2.75) is 43.8 Å². The first-order valence-electron chi connectivity index (χ1n) is 10.3. The van der Waals surface area contributed by atoms with Gasteiger partial charge in [-0.2, -0.15) is 0 Å². The molecule has 30 heavy (non-hydrogen) atoms. The molecule has 1 aromatic carbocycles. The number of fused-ring (bicyclic) bond motifs is 1. The van der Waals surface area contributed by atoms with Gasteiger partial charge >= 0.3 is 0 Å². The van der Waals surface area contributed by atoms with Crippen LogP contribution in [0, 0.1) is 0 Å². The Kier molecular flexibility index (Phi) is 4.89. The van der Waals surface area contributed by atoms with Crippen LogP contribution in [-0.4, -0.2) is 51.8 Å². The number of hydrogen-bond donors (Lipinski definition) is 1. The number of halogens is 3. The highest BCUT2D eigenvalue weighted by Crippen LogP contribution is 2.43. The maximum Gasteiger partial charge on any atom is 0.264 e. The number of nitrogens with one attached hydrogen (secondary N) is 1. The second-order valence-corrected chi connectivity index (χ2v) is 8.45. The maximum atomic E-state index is 13.9. The van der Waals surface area contributed by atoms with E-state index >= 15 is 0 Å². The number of benzene rings is 1. The highest BCUT2D eigenvalue weighted by atomic mass is 19.3. The summed E-state index contributed by atoms with van der Waals surface area (Å²) in [7, 11) is 1.89. The predicted molar refractivity (Wildman–Crippen MR) is 110 cm³/mol. The molecule has 1 saturated carbocycles. The summed E-state index contributed by atoms with van der Waals surface area (Å²) in [6.07, 6.45) is 0.840. The van der Waals surface area contributed by atoms with E-state index < -0.39 is 12.6 Å². The van der Waals surface area contributed by atoms with Crippen LogP contribution in [0.25, 0.3) is 16.8 Å². The molecule has 1 aliphatic carbocycles. The van der Waals surface area contributed by atoms with Crippen molar-refractivity contribution in [1.29, 1.82) is 0 Å². The average Bonchev–Trinajstić information content (AvgIpc) is 3.43. The van der Waals surface area contributed by atoms with Crippen LogP contribution in [-0.2, 0) is 0 Å². The van der Waals surface area contributed by atoms with Crippen molar-refractivity contribution in [3.05, 3.63) is 47.7 Å². The van der Waals surface area contributed by atoms with Crippen LogP contribution in [0.2, 0.25) is 0 Å². The SMILES string of the molecule is CN1C[C@H](F)C[C@@H](Nc2nnc(-c3ccc(C4CC4)cc3C(F)F)c3cccn23)C1. The zero-order chi connectivity index (χ0) is 20.8. The molecule has 3 heterocycles. The molecule has 0 bridgehead atoms. The lowest BCUT2D eigenvalue weighted by atomic mass is 9.99. The molecule has 2 fully saturated rings. The number of likely N-dealkylation sites (tertiary alicyclic amines) is 1. The molecule has 8 heteroatoms. The second kappa shape index (κ2) is 7.58. The number of rotatable bonds is 5. The molecule has 2 atom stereocenters. The first-order chi connectivity index (χ1) is 14.5. The molecule has 1 aliphatic heterocycles. The Morgan fingerprint density at radius 2 is 1.97 bits per heavy atom. The first kappa shape index (κ1) is 19.4. The van der Waals surface area contributed by atoms with Crippen LogP contribution >= 0.6 is 0 Å². The maximum absolute atomic E-state index is 13.9. The molecule has 0 radical (unpaired) electrons. The van der Waals surface area contributed by atoms with Gasteiger partial charge in [-0.1, -0.05) is 12.1 Å². The fourth-order valence-corrected chi connectivity index (χ4v) is 4.43. The first-order valence-corrected chi connectivity index (χ1v) is 10.3. The molecule has 1 N–H and O–H groups in total. The van der Waals surface area contributed by atoms with Crippen LogP contribution in [0.3, 0.4) is 0 Å². The molecule has 3 aromatic rings.